The van der Waals surface area contributed by atoms with Crippen molar-refractivity contribution in [2.45, 2.75) is 11.3 Å². The second kappa shape index (κ2) is 6.26. The first-order valence-electron chi connectivity index (χ1n) is 7.05. The Balaban J connectivity index is 1.90. The van der Waals surface area contributed by atoms with Crippen LogP contribution in [0.15, 0.2) is 47.5 Å². The van der Waals surface area contributed by atoms with Crippen LogP contribution in [-0.4, -0.2) is 30.8 Å². The van der Waals surface area contributed by atoms with Crippen molar-refractivity contribution < 1.29 is 13.2 Å². The van der Waals surface area contributed by atoms with E-state index < -0.39 is 9.84 Å². The predicted molar refractivity (Wildman–Crippen MR) is 93.0 cm³/mol. The number of aromatic nitrogens is 2. The molecule has 24 heavy (non-hydrogen) atoms. The van der Waals surface area contributed by atoms with E-state index in [2.05, 4.69) is 15.5 Å². The molecular weight excluding hydrogens is 350 g/mol. The largest absolute Gasteiger partial charge is 0.326 e. The Bertz CT molecular complexity index is 1030. The molecule has 1 heterocycles. The summed E-state index contributed by atoms with van der Waals surface area (Å²) in [6, 6.07) is 10.1. The molecular formula is C16H14ClN3O3S. The van der Waals surface area contributed by atoms with Gasteiger partial charge in [0.2, 0.25) is 5.91 Å². The van der Waals surface area contributed by atoms with E-state index in [1.54, 1.807) is 30.3 Å². The molecule has 0 atom stereocenters. The van der Waals surface area contributed by atoms with Crippen LogP contribution in [0, 0.1) is 0 Å². The fourth-order valence-electron chi connectivity index (χ4n) is 2.41. The molecule has 0 radical (unpaired) electrons. The Morgan fingerprint density at radius 3 is 2.75 bits per heavy atom. The summed E-state index contributed by atoms with van der Waals surface area (Å²) in [7, 11) is -3.46. The number of carbonyl (C=O) groups excluding carboxylic acids is 1. The third kappa shape index (κ3) is 3.42. The average Bonchev–Trinajstić information content (AvgIpc) is 2.96. The van der Waals surface area contributed by atoms with Crippen molar-refractivity contribution in [1.82, 2.24) is 10.2 Å². The zero-order valence-electron chi connectivity index (χ0n) is 12.7. The van der Waals surface area contributed by atoms with Gasteiger partial charge in [-0.25, -0.2) is 8.42 Å². The van der Waals surface area contributed by atoms with Crippen LogP contribution >= 0.6 is 11.6 Å². The molecule has 0 aliphatic heterocycles. The third-order valence-electron chi connectivity index (χ3n) is 3.51. The van der Waals surface area contributed by atoms with Crippen LogP contribution in [0.3, 0.4) is 0 Å². The maximum absolute atomic E-state index is 12.2. The molecule has 6 nitrogen and oxygen atoms in total. The van der Waals surface area contributed by atoms with E-state index in [1.807, 2.05) is 0 Å². The number of sulfone groups is 1. The number of aromatic amines is 1. The Morgan fingerprint density at radius 2 is 2.04 bits per heavy atom. The van der Waals surface area contributed by atoms with E-state index in [4.69, 9.17) is 11.6 Å². The molecule has 8 heteroatoms. The quantitative estimate of drug-likeness (QED) is 0.745. The molecule has 3 aromatic rings. The third-order valence-corrected chi connectivity index (χ3v) is 5.01. The number of anilines is 1. The van der Waals surface area contributed by atoms with Gasteiger partial charge in [0, 0.05) is 28.5 Å². The molecule has 0 saturated carbocycles. The summed E-state index contributed by atoms with van der Waals surface area (Å²) >= 11 is 6.05. The number of nitrogens with zero attached hydrogens (tertiary/aromatic N) is 1. The second-order valence-corrected chi connectivity index (χ2v) is 7.77. The molecule has 1 aromatic heterocycles. The number of fused-ring (bicyclic) bond motifs is 1. The van der Waals surface area contributed by atoms with Gasteiger partial charge in [-0.15, -0.1) is 0 Å². The molecule has 0 aliphatic carbocycles. The van der Waals surface area contributed by atoms with E-state index in [0.717, 1.165) is 6.26 Å². The lowest BCUT2D eigenvalue weighted by Crippen LogP contribution is -2.15. The highest BCUT2D eigenvalue weighted by molar-refractivity contribution is 7.91. The summed E-state index contributed by atoms with van der Waals surface area (Å²) < 4.78 is 23.9. The highest BCUT2D eigenvalue weighted by atomic mass is 35.5. The van der Waals surface area contributed by atoms with Gasteiger partial charge in [0.1, 0.15) is 0 Å². The molecule has 0 unspecified atom stereocenters. The van der Waals surface area contributed by atoms with E-state index >= 15 is 0 Å². The minimum absolute atomic E-state index is 0.0898. The maximum Gasteiger partial charge on any atom is 0.228 e. The van der Waals surface area contributed by atoms with Gasteiger partial charge in [-0.3, -0.25) is 9.89 Å². The van der Waals surface area contributed by atoms with Crippen molar-refractivity contribution in [3.05, 3.63) is 53.2 Å². The van der Waals surface area contributed by atoms with E-state index in [-0.39, 0.29) is 17.2 Å². The van der Waals surface area contributed by atoms with Crippen molar-refractivity contribution >= 4 is 43.9 Å². The summed E-state index contributed by atoms with van der Waals surface area (Å²) in [4.78, 5) is 12.3. The van der Waals surface area contributed by atoms with Gasteiger partial charge in [0.05, 0.1) is 16.8 Å². The minimum Gasteiger partial charge on any atom is -0.326 e. The number of H-pyrrole nitrogens is 1. The van der Waals surface area contributed by atoms with E-state index in [0.29, 0.717) is 27.2 Å². The normalized spacial score (nSPS) is 11.6. The highest BCUT2D eigenvalue weighted by Gasteiger charge is 2.16. The molecule has 0 saturated heterocycles. The van der Waals surface area contributed by atoms with Crippen LogP contribution < -0.4 is 5.32 Å². The zero-order chi connectivity index (χ0) is 17.3. The van der Waals surface area contributed by atoms with Crippen molar-refractivity contribution in [2.75, 3.05) is 11.6 Å². The number of rotatable bonds is 4. The molecule has 2 N–H and O–H groups in total. The summed E-state index contributed by atoms with van der Waals surface area (Å²) in [6.07, 6.45) is 2.72. The summed E-state index contributed by atoms with van der Waals surface area (Å²) in [6.45, 7) is 0. The lowest BCUT2D eigenvalue weighted by Gasteiger charge is -2.09. The first-order chi connectivity index (χ1) is 11.3. The number of carbonyl (C=O) groups is 1. The topological polar surface area (TPSA) is 91.9 Å². The SMILES string of the molecule is CS(=O)(=O)c1cc(NC(=O)Cc2ccccc2Cl)cc2n[nH]cc12. The van der Waals surface area contributed by atoms with Crippen molar-refractivity contribution in [3.8, 4) is 0 Å². The van der Waals surface area contributed by atoms with Gasteiger partial charge >= 0.3 is 0 Å². The molecule has 0 fully saturated rings. The fourth-order valence-corrected chi connectivity index (χ4v) is 3.52. The number of benzene rings is 2. The van der Waals surface area contributed by atoms with Gasteiger partial charge in [-0.2, -0.15) is 5.10 Å². The zero-order valence-corrected chi connectivity index (χ0v) is 14.3. The molecule has 0 bridgehead atoms. The monoisotopic (exact) mass is 363 g/mol. The van der Waals surface area contributed by atoms with Crippen molar-refractivity contribution in [3.63, 3.8) is 0 Å². The van der Waals surface area contributed by atoms with Crippen LogP contribution in [0.25, 0.3) is 10.9 Å². The fraction of sp³-hybridized carbons (Fsp3) is 0.125. The Kier molecular flexibility index (Phi) is 4.29. The van der Waals surface area contributed by atoms with Gasteiger partial charge in [0.15, 0.2) is 9.84 Å². The highest BCUT2D eigenvalue weighted by Crippen LogP contribution is 2.26. The maximum atomic E-state index is 12.2. The van der Waals surface area contributed by atoms with Crippen LogP contribution in [0.4, 0.5) is 5.69 Å². The van der Waals surface area contributed by atoms with E-state index in [9.17, 15) is 13.2 Å². The van der Waals surface area contributed by atoms with Gasteiger partial charge < -0.3 is 5.32 Å². The molecule has 124 valence electrons. The summed E-state index contributed by atoms with van der Waals surface area (Å²) in [5.41, 5.74) is 1.53. The van der Waals surface area contributed by atoms with Gasteiger partial charge in [-0.1, -0.05) is 29.8 Å². The van der Waals surface area contributed by atoms with E-state index in [1.165, 1.54) is 12.3 Å². The van der Waals surface area contributed by atoms with Gasteiger partial charge in [-0.05, 0) is 23.8 Å². The number of hydrogen-bond donors (Lipinski definition) is 2. The first-order valence-corrected chi connectivity index (χ1v) is 9.32. The molecule has 0 spiro atoms. The van der Waals surface area contributed by atoms with Gasteiger partial charge in [0.25, 0.3) is 0 Å². The Labute approximate surface area is 143 Å². The van der Waals surface area contributed by atoms with Crippen LogP contribution in [0.1, 0.15) is 5.56 Å². The average molecular weight is 364 g/mol. The molecule has 0 aliphatic rings. The smallest absolute Gasteiger partial charge is 0.228 e. The number of hydrogen-bond acceptors (Lipinski definition) is 4. The molecule has 2 aromatic carbocycles. The number of amides is 1. The molecule has 3 rings (SSSR count). The summed E-state index contributed by atoms with van der Waals surface area (Å²) in [5, 5.41) is 10.3. The lowest BCUT2D eigenvalue weighted by atomic mass is 10.1. The second-order valence-electron chi connectivity index (χ2n) is 5.38. The summed E-state index contributed by atoms with van der Waals surface area (Å²) in [5.74, 6) is -0.294. The Hall–Kier alpha value is -2.38. The number of halogens is 1. The van der Waals surface area contributed by atoms with Crippen LogP contribution in [0.2, 0.25) is 5.02 Å². The molecule has 1 amide bonds. The van der Waals surface area contributed by atoms with Crippen LogP contribution in [0.5, 0.6) is 0 Å². The number of nitrogens with one attached hydrogen (secondary N) is 2. The van der Waals surface area contributed by atoms with Crippen LogP contribution in [-0.2, 0) is 21.1 Å². The first kappa shape index (κ1) is 16.5. The van der Waals surface area contributed by atoms with Crippen molar-refractivity contribution in [1.29, 1.82) is 0 Å². The standard InChI is InChI=1S/C16H14ClN3O3S/c1-24(22,23)15-8-11(7-14-12(15)9-18-20-14)19-16(21)6-10-4-2-3-5-13(10)17/h2-5,7-9H,6H2,1H3,(H,18,20)(H,19,21). The van der Waals surface area contributed by atoms with Crippen molar-refractivity contribution in [2.24, 2.45) is 0 Å². The predicted octanol–water partition coefficient (Wildman–Crippen LogP) is 2.80. The lowest BCUT2D eigenvalue weighted by molar-refractivity contribution is -0.115. The minimum atomic E-state index is -3.46. The Morgan fingerprint density at radius 1 is 1.29 bits per heavy atom.